The van der Waals surface area contributed by atoms with Gasteiger partial charge in [-0.1, -0.05) is 35.0 Å². The van der Waals surface area contributed by atoms with Gasteiger partial charge in [0.25, 0.3) is 5.91 Å². The number of nitrogens with one attached hydrogen (secondary N) is 1. The molecule has 4 aromatic rings. The Labute approximate surface area is 177 Å². The number of halogens is 1. The summed E-state index contributed by atoms with van der Waals surface area (Å²) in [6.07, 6.45) is 3.64. The molecule has 1 N–H and O–H groups in total. The van der Waals surface area contributed by atoms with Crippen LogP contribution in [0.3, 0.4) is 0 Å². The monoisotopic (exact) mass is 423 g/mol. The minimum atomic E-state index is -0.458. The number of carbonyl (C=O) groups is 1. The Morgan fingerprint density at radius 3 is 2.37 bits per heavy atom. The third kappa shape index (κ3) is 3.60. The van der Waals surface area contributed by atoms with Crippen molar-refractivity contribution < 1.29 is 14.3 Å². The fourth-order valence-electron chi connectivity index (χ4n) is 3.01. The first kappa shape index (κ1) is 19.5. The molecule has 0 aliphatic heterocycles. The highest BCUT2D eigenvalue weighted by molar-refractivity contribution is 6.32. The Hall–Kier alpha value is -3.78. The molecule has 0 atom stereocenters. The molecule has 0 saturated carbocycles. The van der Waals surface area contributed by atoms with Crippen molar-refractivity contribution in [2.45, 2.75) is 0 Å². The molecular formula is C21H18ClN5O3. The standard InChI is InChI=1S/C21H18ClN5O3/c1-29-17-13-18(30-2)16(12-15(17)22)23-20(28)19-21(26-10-6-7-11-26)27(25-24-19)14-8-4-3-5-9-14/h3-13H,1-2H3,(H,23,28). The van der Waals surface area contributed by atoms with Crippen molar-refractivity contribution in [2.75, 3.05) is 19.5 Å². The summed E-state index contributed by atoms with van der Waals surface area (Å²) >= 11 is 6.22. The van der Waals surface area contributed by atoms with Gasteiger partial charge in [-0.3, -0.25) is 4.79 Å². The molecule has 0 saturated heterocycles. The third-order valence-electron chi connectivity index (χ3n) is 4.43. The zero-order valence-corrected chi connectivity index (χ0v) is 17.0. The Morgan fingerprint density at radius 2 is 1.70 bits per heavy atom. The fraction of sp³-hybridized carbons (Fsp3) is 0.0952. The Bertz CT molecular complexity index is 1170. The maximum atomic E-state index is 13.1. The molecule has 8 nitrogen and oxygen atoms in total. The lowest BCUT2D eigenvalue weighted by atomic mass is 10.2. The van der Waals surface area contributed by atoms with Crippen LogP contribution in [-0.2, 0) is 0 Å². The van der Waals surface area contributed by atoms with Gasteiger partial charge in [-0.2, -0.15) is 4.68 Å². The van der Waals surface area contributed by atoms with Crippen LogP contribution < -0.4 is 14.8 Å². The number of methoxy groups -OCH3 is 2. The summed E-state index contributed by atoms with van der Waals surface area (Å²) in [4.78, 5) is 13.1. The molecule has 4 rings (SSSR count). The number of anilines is 1. The topological polar surface area (TPSA) is 83.2 Å². The van der Waals surface area contributed by atoms with Gasteiger partial charge in [0.15, 0.2) is 11.5 Å². The third-order valence-corrected chi connectivity index (χ3v) is 4.73. The molecule has 0 aliphatic rings. The van der Waals surface area contributed by atoms with Crippen LogP contribution in [-0.4, -0.2) is 39.7 Å². The molecular weight excluding hydrogens is 406 g/mol. The van der Waals surface area contributed by atoms with Gasteiger partial charge >= 0.3 is 0 Å². The number of para-hydroxylation sites is 1. The van der Waals surface area contributed by atoms with Gasteiger partial charge in [0, 0.05) is 18.5 Å². The second-order valence-corrected chi connectivity index (χ2v) is 6.65. The molecule has 0 unspecified atom stereocenters. The van der Waals surface area contributed by atoms with Crippen molar-refractivity contribution in [3.05, 3.63) is 77.7 Å². The van der Waals surface area contributed by atoms with Gasteiger partial charge in [0.05, 0.1) is 30.6 Å². The molecule has 2 aromatic carbocycles. The molecule has 0 radical (unpaired) electrons. The van der Waals surface area contributed by atoms with Crippen molar-refractivity contribution >= 4 is 23.2 Å². The summed E-state index contributed by atoms with van der Waals surface area (Å²) < 4.78 is 13.9. The minimum absolute atomic E-state index is 0.143. The molecule has 0 spiro atoms. The lowest BCUT2D eigenvalue weighted by molar-refractivity contribution is 0.102. The molecule has 2 aromatic heterocycles. The number of hydrogen-bond acceptors (Lipinski definition) is 5. The molecule has 152 valence electrons. The van der Waals surface area contributed by atoms with Gasteiger partial charge in [0.2, 0.25) is 0 Å². The van der Waals surface area contributed by atoms with Gasteiger partial charge in [0.1, 0.15) is 11.5 Å². The quantitative estimate of drug-likeness (QED) is 0.507. The second kappa shape index (κ2) is 8.30. The first-order valence-corrected chi connectivity index (χ1v) is 9.37. The van der Waals surface area contributed by atoms with Crippen molar-refractivity contribution in [2.24, 2.45) is 0 Å². The van der Waals surface area contributed by atoms with E-state index < -0.39 is 5.91 Å². The normalized spacial score (nSPS) is 10.6. The SMILES string of the molecule is COc1cc(OC)c(NC(=O)c2nnn(-c3ccccc3)c2-n2cccc2)cc1Cl. The molecule has 0 bridgehead atoms. The number of benzene rings is 2. The van der Waals surface area contributed by atoms with Gasteiger partial charge in [-0.25, -0.2) is 0 Å². The van der Waals surface area contributed by atoms with Crippen LogP contribution in [0.25, 0.3) is 11.5 Å². The van der Waals surface area contributed by atoms with Gasteiger partial charge in [-0.15, -0.1) is 5.10 Å². The number of nitrogens with zero attached hydrogens (tertiary/aromatic N) is 4. The van der Waals surface area contributed by atoms with Gasteiger partial charge in [-0.05, 0) is 30.3 Å². The smallest absolute Gasteiger partial charge is 0.280 e. The van der Waals surface area contributed by atoms with Crippen LogP contribution in [0.15, 0.2) is 67.0 Å². The van der Waals surface area contributed by atoms with Crippen molar-refractivity contribution in [3.8, 4) is 23.0 Å². The van der Waals surface area contributed by atoms with E-state index in [0.29, 0.717) is 28.0 Å². The zero-order chi connectivity index (χ0) is 21.1. The Morgan fingerprint density at radius 1 is 1.00 bits per heavy atom. The number of hydrogen-bond donors (Lipinski definition) is 1. The van der Waals surface area contributed by atoms with E-state index in [-0.39, 0.29) is 5.69 Å². The predicted octanol–water partition coefficient (Wildman–Crippen LogP) is 3.98. The summed E-state index contributed by atoms with van der Waals surface area (Å²) in [6, 6.07) is 16.3. The molecule has 30 heavy (non-hydrogen) atoms. The summed E-state index contributed by atoms with van der Waals surface area (Å²) in [5.41, 5.74) is 1.31. The number of carbonyl (C=O) groups excluding carboxylic acids is 1. The predicted molar refractivity (Wildman–Crippen MR) is 113 cm³/mol. The number of ether oxygens (including phenoxy) is 2. The van der Waals surface area contributed by atoms with Crippen molar-refractivity contribution in [1.82, 2.24) is 19.6 Å². The highest BCUT2D eigenvalue weighted by Crippen LogP contribution is 2.36. The summed E-state index contributed by atoms with van der Waals surface area (Å²) in [6.45, 7) is 0. The lowest BCUT2D eigenvalue weighted by Gasteiger charge is -2.13. The van der Waals surface area contributed by atoms with Crippen LogP contribution in [0.4, 0.5) is 5.69 Å². The van der Waals surface area contributed by atoms with Crippen LogP contribution in [0.5, 0.6) is 11.5 Å². The fourth-order valence-corrected chi connectivity index (χ4v) is 3.25. The molecule has 9 heteroatoms. The average molecular weight is 424 g/mol. The maximum Gasteiger partial charge on any atom is 0.280 e. The van der Waals surface area contributed by atoms with Crippen LogP contribution in [0.2, 0.25) is 5.02 Å². The largest absolute Gasteiger partial charge is 0.495 e. The van der Waals surface area contributed by atoms with E-state index >= 15 is 0 Å². The number of aromatic nitrogens is 4. The van der Waals surface area contributed by atoms with Crippen LogP contribution >= 0.6 is 11.6 Å². The summed E-state index contributed by atoms with van der Waals surface area (Å²) in [5.74, 6) is 0.889. The number of rotatable bonds is 6. The molecule has 2 heterocycles. The first-order chi connectivity index (χ1) is 14.6. The number of amides is 1. The van der Waals surface area contributed by atoms with E-state index in [9.17, 15) is 4.79 Å². The Balaban J connectivity index is 1.76. The van der Waals surface area contributed by atoms with E-state index in [4.69, 9.17) is 21.1 Å². The highest BCUT2D eigenvalue weighted by atomic mass is 35.5. The van der Waals surface area contributed by atoms with E-state index in [1.54, 1.807) is 21.4 Å². The summed E-state index contributed by atoms with van der Waals surface area (Å²) in [5, 5.41) is 11.5. The minimum Gasteiger partial charge on any atom is -0.495 e. The zero-order valence-electron chi connectivity index (χ0n) is 16.2. The van der Waals surface area contributed by atoms with Crippen molar-refractivity contribution in [3.63, 3.8) is 0 Å². The van der Waals surface area contributed by atoms with Crippen molar-refractivity contribution in [1.29, 1.82) is 0 Å². The maximum absolute atomic E-state index is 13.1. The van der Waals surface area contributed by atoms with Crippen LogP contribution in [0, 0.1) is 0 Å². The van der Waals surface area contributed by atoms with E-state index in [0.717, 1.165) is 5.69 Å². The lowest BCUT2D eigenvalue weighted by Crippen LogP contribution is -2.16. The summed E-state index contributed by atoms with van der Waals surface area (Å²) in [7, 11) is 3.00. The average Bonchev–Trinajstić information content (AvgIpc) is 3.44. The first-order valence-electron chi connectivity index (χ1n) is 8.99. The molecule has 1 amide bonds. The molecule has 0 aliphatic carbocycles. The van der Waals surface area contributed by atoms with Crippen LogP contribution in [0.1, 0.15) is 10.5 Å². The van der Waals surface area contributed by atoms with E-state index in [1.165, 1.54) is 14.2 Å². The molecule has 0 fully saturated rings. The second-order valence-electron chi connectivity index (χ2n) is 6.24. The highest BCUT2D eigenvalue weighted by Gasteiger charge is 2.23. The Kier molecular flexibility index (Phi) is 5.40. The van der Waals surface area contributed by atoms with E-state index in [1.807, 2.05) is 54.9 Å². The van der Waals surface area contributed by atoms with E-state index in [2.05, 4.69) is 15.6 Å². The van der Waals surface area contributed by atoms with Gasteiger partial charge < -0.3 is 19.4 Å².